The third-order valence-electron chi connectivity index (χ3n) is 6.08. The van der Waals surface area contributed by atoms with E-state index < -0.39 is 92.3 Å². The van der Waals surface area contributed by atoms with Crippen molar-refractivity contribution in [3.8, 4) is 0 Å². The summed E-state index contributed by atoms with van der Waals surface area (Å²) in [5, 5.41) is 49.8. The second-order valence-electron chi connectivity index (χ2n) is 8.25. The summed E-state index contributed by atoms with van der Waals surface area (Å²) in [6.45, 7) is -0.767. The fourth-order valence-electron chi connectivity index (χ4n) is 4.14. The molecule has 0 aromatic heterocycles. The molecule has 3 rings (SSSR count). The topological polar surface area (TPSA) is 242 Å². The van der Waals surface area contributed by atoms with E-state index in [1.807, 2.05) is 0 Å². The molecule has 3 fully saturated rings. The normalized spacial score (nSPS) is 53.6. The number of ether oxygens (including phenoxy) is 4. The Labute approximate surface area is 178 Å². The number of aliphatic hydroxyl groups is 5. The predicted molar refractivity (Wildman–Crippen MR) is 101 cm³/mol. The Balaban J connectivity index is 1.78. The zero-order chi connectivity index (χ0) is 23.0. The number of hydrogen-bond acceptors (Lipinski definition) is 13. The van der Waals surface area contributed by atoms with Gasteiger partial charge in [0.1, 0.15) is 48.9 Å². The van der Waals surface area contributed by atoms with E-state index in [0.29, 0.717) is 0 Å². The molecule has 0 amide bonds. The molecule has 13 N–H and O–H groups in total. The Morgan fingerprint density at radius 2 is 1.42 bits per heavy atom. The zero-order valence-electron chi connectivity index (χ0n) is 16.8. The molecule has 182 valence electrons. The van der Waals surface area contributed by atoms with E-state index in [-0.39, 0.29) is 13.0 Å². The Bertz CT molecular complexity index is 596. The summed E-state index contributed by atoms with van der Waals surface area (Å²) in [5.41, 5.74) is 23.4. The third-order valence-corrected chi connectivity index (χ3v) is 6.08. The molecule has 3 aliphatic rings. The van der Waals surface area contributed by atoms with Gasteiger partial charge in [-0.05, 0) is 6.42 Å². The smallest absolute Gasteiger partial charge is 0.187 e. The third kappa shape index (κ3) is 4.86. The van der Waals surface area contributed by atoms with Gasteiger partial charge in [-0.15, -0.1) is 0 Å². The summed E-state index contributed by atoms with van der Waals surface area (Å²) in [6, 6.07) is -3.00. The van der Waals surface area contributed by atoms with Gasteiger partial charge < -0.3 is 67.4 Å². The molecule has 31 heavy (non-hydrogen) atoms. The van der Waals surface area contributed by atoms with Gasteiger partial charge in [0.25, 0.3) is 0 Å². The van der Waals surface area contributed by atoms with Crippen LogP contribution in [0.5, 0.6) is 0 Å². The molecule has 14 unspecified atom stereocenters. The molecule has 13 nitrogen and oxygen atoms in total. The molecule has 0 radical (unpaired) electrons. The van der Waals surface area contributed by atoms with Crippen LogP contribution in [-0.2, 0) is 18.9 Å². The summed E-state index contributed by atoms with van der Waals surface area (Å²) in [5.74, 6) is 0. The van der Waals surface area contributed by atoms with Gasteiger partial charge >= 0.3 is 0 Å². The van der Waals surface area contributed by atoms with Crippen molar-refractivity contribution in [2.24, 2.45) is 22.9 Å². The van der Waals surface area contributed by atoms with E-state index in [4.69, 9.17) is 41.9 Å². The van der Waals surface area contributed by atoms with Crippen molar-refractivity contribution < 1.29 is 48.9 Å². The van der Waals surface area contributed by atoms with Crippen LogP contribution in [0.25, 0.3) is 0 Å². The van der Waals surface area contributed by atoms with Crippen molar-refractivity contribution in [2.45, 2.75) is 92.1 Å². The monoisotopic (exact) mass is 456 g/mol. The first kappa shape index (κ1) is 25.0. The number of nitrogens with two attached hydrogens (primary N) is 4. The Hall–Kier alpha value is -0.590. The summed E-state index contributed by atoms with van der Waals surface area (Å²) < 4.78 is 36.7. The van der Waals surface area contributed by atoms with E-state index in [1.165, 1.54) is 0 Å². The fraction of sp³-hybridized carbons (Fsp3) is 1.00. The molecular formula is C17H33FN4O9. The van der Waals surface area contributed by atoms with E-state index in [9.17, 15) is 29.9 Å². The van der Waals surface area contributed by atoms with Gasteiger partial charge in [-0.1, -0.05) is 0 Å². The summed E-state index contributed by atoms with van der Waals surface area (Å²) >= 11 is 0. The Morgan fingerprint density at radius 1 is 0.806 bits per heavy atom. The van der Waals surface area contributed by atoms with Crippen LogP contribution in [0.15, 0.2) is 0 Å². The van der Waals surface area contributed by atoms with Crippen LogP contribution in [0.2, 0.25) is 0 Å². The van der Waals surface area contributed by atoms with Gasteiger partial charge in [0.15, 0.2) is 12.6 Å². The first-order valence-corrected chi connectivity index (χ1v) is 10.2. The zero-order valence-corrected chi connectivity index (χ0v) is 16.8. The molecule has 0 bridgehead atoms. The van der Waals surface area contributed by atoms with E-state index in [2.05, 4.69) is 0 Å². The lowest BCUT2D eigenvalue weighted by Gasteiger charge is -2.46. The van der Waals surface area contributed by atoms with Crippen molar-refractivity contribution in [2.75, 3.05) is 13.2 Å². The minimum absolute atomic E-state index is 0.117. The average Bonchev–Trinajstić information content (AvgIpc) is 3.02. The van der Waals surface area contributed by atoms with Crippen molar-refractivity contribution >= 4 is 0 Å². The molecule has 2 heterocycles. The summed E-state index contributed by atoms with van der Waals surface area (Å²) in [7, 11) is 0. The number of aliphatic hydroxyl groups excluding tert-OH is 5. The van der Waals surface area contributed by atoms with E-state index >= 15 is 0 Å². The van der Waals surface area contributed by atoms with Gasteiger partial charge in [0.2, 0.25) is 0 Å². The molecular weight excluding hydrogens is 423 g/mol. The highest BCUT2D eigenvalue weighted by Gasteiger charge is 2.52. The maximum atomic E-state index is 14.4. The lowest BCUT2D eigenvalue weighted by Crippen LogP contribution is -2.67. The van der Waals surface area contributed by atoms with Crippen LogP contribution in [0.3, 0.4) is 0 Å². The number of alkyl halides is 1. The highest BCUT2D eigenvalue weighted by atomic mass is 19.1. The van der Waals surface area contributed by atoms with Crippen molar-refractivity contribution in [3.05, 3.63) is 0 Å². The lowest BCUT2D eigenvalue weighted by molar-refractivity contribution is -0.302. The molecule has 0 aromatic carbocycles. The molecule has 1 saturated carbocycles. The minimum atomic E-state index is -1.89. The minimum Gasteiger partial charge on any atom is -0.394 e. The van der Waals surface area contributed by atoms with Crippen LogP contribution < -0.4 is 22.9 Å². The summed E-state index contributed by atoms with van der Waals surface area (Å²) in [4.78, 5) is 0. The van der Waals surface area contributed by atoms with E-state index in [1.54, 1.807) is 0 Å². The number of rotatable bonds is 6. The Kier molecular flexibility index (Phi) is 8.18. The molecule has 2 aliphatic heterocycles. The van der Waals surface area contributed by atoms with Crippen LogP contribution >= 0.6 is 0 Å². The van der Waals surface area contributed by atoms with Crippen LogP contribution in [-0.4, -0.2) is 124 Å². The largest absolute Gasteiger partial charge is 0.394 e. The highest BCUT2D eigenvalue weighted by molar-refractivity contribution is 5.01. The summed E-state index contributed by atoms with van der Waals surface area (Å²) in [6.07, 6.45) is -15.0. The van der Waals surface area contributed by atoms with Crippen molar-refractivity contribution in [1.82, 2.24) is 0 Å². The first-order chi connectivity index (χ1) is 14.6. The van der Waals surface area contributed by atoms with Crippen molar-refractivity contribution in [3.63, 3.8) is 0 Å². The molecule has 0 aromatic rings. The van der Waals surface area contributed by atoms with Crippen LogP contribution in [0.4, 0.5) is 4.39 Å². The molecule has 14 atom stereocenters. The van der Waals surface area contributed by atoms with Gasteiger partial charge in [-0.2, -0.15) is 0 Å². The second kappa shape index (κ2) is 10.1. The highest BCUT2D eigenvalue weighted by Crippen LogP contribution is 2.32. The van der Waals surface area contributed by atoms with E-state index in [0.717, 1.165) is 0 Å². The van der Waals surface area contributed by atoms with Gasteiger partial charge in [-0.3, -0.25) is 0 Å². The lowest BCUT2D eigenvalue weighted by atomic mass is 9.84. The maximum Gasteiger partial charge on any atom is 0.187 e. The SMILES string of the molecule is NCC1OC(OC2C(N)CC(N)C(O)C2OC2OC(CO)C(O)C2O)C(N)C(F)C1O. The molecule has 0 spiro atoms. The second-order valence-corrected chi connectivity index (χ2v) is 8.25. The van der Waals surface area contributed by atoms with Gasteiger partial charge in [0, 0.05) is 18.6 Å². The van der Waals surface area contributed by atoms with Crippen LogP contribution in [0.1, 0.15) is 6.42 Å². The Morgan fingerprint density at radius 3 is 2.00 bits per heavy atom. The molecule has 14 heteroatoms. The standard InChI is InChI=1S/C17H33FN4O9/c18-8-9(22)16(28-6(2-19)11(8)25)30-14-5(21)1-4(20)10(24)15(14)31-17-13(27)12(26)7(3-23)29-17/h4-17,23-27H,1-3,19-22H2. The molecule has 1 aliphatic carbocycles. The first-order valence-electron chi connectivity index (χ1n) is 10.2. The van der Waals surface area contributed by atoms with Crippen molar-refractivity contribution in [1.29, 1.82) is 0 Å². The molecule has 2 saturated heterocycles. The van der Waals surface area contributed by atoms with Crippen LogP contribution in [0, 0.1) is 0 Å². The number of halogens is 1. The fourth-order valence-corrected chi connectivity index (χ4v) is 4.14. The number of hydrogen-bond donors (Lipinski definition) is 9. The maximum absolute atomic E-state index is 14.4. The quantitative estimate of drug-likeness (QED) is 0.181. The predicted octanol–water partition coefficient (Wildman–Crippen LogP) is -5.68. The van der Waals surface area contributed by atoms with Gasteiger partial charge in [-0.25, -0.2) is 4.39 Å². The van der Waals surface area contributed by atoms with Gasteiger partial charge in [0.05, 0.1) is 18.8 Å². The average molecular weight is 456 g/mol.